The minimum Gasteiger partial charge on any atom is -0.480 e. The molecule has 4 heteroatoms. The molecule has 0 saturated heterocycles. The first-order chi connectivity index (χ1) is 8.97. The molecule has 0 spiro atoms. The van der Waals surface area contributed by atoms with Gasteiger partial charge in [-0.3, -0.25) is 4.79 Å². The predicted molar refractivity (Wildman–Crippen MR) is 73.9 cm³/mol. The van der Waals surface area contributed by atoms with Gasteiger partial charge in [-0.05, 0) is 17.9 Å². The van der Waals surface area contributed by atoms with Crippen molar-refractivity contribution in [2.75, 3.05) is 0 Å². The van der Waals surface area contributed by atoms with Crippen molar-refractivity contribution in [2.24, 2.45) is 5.92 Å². The van der Waals surface area contributed by atoms with Crippen molar-refractivity contribution < 1.29 is 14.7 Å². The van der Waals surface area contributed by atoms with E-state index in [1.165, 1.54) is 0 Å². The number of hydrogen-bond acceptors (Lipinski definition) is 2. The normalized spacial score (nSPS) is 13.9. The van der Waals surface area contributed by atoms with Crippen LogP contribution in [0.4, 0.5) is 0 Å². The number of carboxylic acid groups (broad SMARTS) is 1. The van der Waals surface area contributed by atoms with Crippen LogP contribution < -0.4 is 5.32 Å². The molecule has 1 aromatic carbocycles. The van der Waals surface area contributed by atoms with Gasteiger partial charge in [0.05, 0.1) is 5.92 Å². The summed E-state index contributed by atoms with van der Waals surface area (Å²) >= 11 is 0. The van der Waals surface area contributed by atoms with E-state index in [2.05, 4.69) is 5.32 Å². The third kappa shape index (κ3) is 4.09. The third-order valence-electron chi connectivity index (χ3n) is 3.16. The molecule has 19 heavy (non-hydrogen) atoms. The first-order valence-corrected chi connectivity index (χ1v) is 6.55. The van der Waals surface area contributed by atoms with E-state index in [1.807, 2.05) is 37.3 Å². The SMILES string of the molecule is CCC(C(=O)N[C@@H](C(=O)O)C(C)C)c1ccccc1. The maximum absolute atomic E-state index is 12.2. The molecule has 1 rings (SSSR count). The van der Waals surface area contributed by atoms with Gasteiger partial charge in [0.25, 0.3) is 0 Å². The fourth-order valence-corrected chi connectivity index (χ4v) is 2.03. The average molecular weight is 263 g/mol. The fourth-order valence-electron chi connectivity index (χ4n) is 2.03. The zero-order chi connectivity index (χ0) is 14.4. The van der Waals surface area contributed by atoms with Crippen molar-refractivity contribution >= 4 is 11.9 Å². The first kappa shape index (κ1) is 15.2. The molecule has 1 amide bonds. The lowest BCUT2D eigenvalue weighted by Crippen LogP contribution is -2.46. The molecule has 2 atom stereocenters. The molecule has 0 fully saturated rings. The number of aliphatic carboxylic acids is 1. The highest BCUT2D eigenvalue weighted by atomic mass is 16.4. The Bertz CT molecular complexity index is 428. The molecule has 1 unspecified atom stereocenters. The summed E-state index contributed by atoms with van der Waals surface area (Å²) in [7, 11) is 0. The summed E-state index contributed by atoms with van der Waals surface area (Å²) in [6, 6.07) is 8.58. The Hall–Kier alpha value is -1.84. The van der Waals surface area contributed by atoms with Crippen molar-refractivity contribution in [2.45, 2.75) is 39.2 Å². The Morgan fingerprint density at radius 2 is 1.79 bits per heavy atom. The maximum atomic E-state index is 12.2. The zero-order valence-corrected chi connectivity index (χ0v) is 11.6. The Morgan fingerprint density at radius 1 is 1.21 bits per heavy atom. The lowest BCUT2D eigenvalue weighted by Gasteiger charge is -2.22. The van der Waals surface area contributed by atoms with Crippen LogP contribution in [0.15, 0.2) is 30.3 Å². The fraction of sp³-hybridized carbons (Fsp3) is 0.467. The molecule has 0 aliphatic rings. The molecular weight excluding hydrogens is 242 g/mol. The standard InChI is InChI=1S/C15H21NO3/c1-4-12(11-8-6-5-7-9-11)14(17)16-13(10(2)3)15(18)19/h5-10,12-13H,4H2,1-3H3,(H,16,17)(H,18,19)/t12?,13-/m1/s1. The second-order valence-corrected chi connectivity index (χ2v) is 4.94. The Labute approximate surface area is 113 Å². The highest BCUT2D eigenvalue weighted by Crippen LogP contribution is 2.20. The Balaban J connectivity index is 2.83. The molecule has 0 aromatic heterocycles. The van der Waals surface area contributed by atoms with E-state index >= 15 is 0 Å². The van der Waals surface area contributed by atoms with Gasteiger partial charge in [-0.25, -0.2) is 4.79 Å². The summed E-state index contributed by atoms with van der Waals surface area (Å²) in [6.45, 7) is 5.48. The van der Waals surface area contributed by atoms with Crippen LogP contribution in [-0.4, -0.2) is 23.0 Å². The summed E-state index contributed by atoms with van der Waals surface area (Å²) in [5, 5.41) is 11.7. The van der Waals surface area contributed by atoms with Crippen LogP contribution in [-0.2, 0) is 9.59 Å². The van der Waals surface area contributed by atoms with Gasteiger partial charge in [-0.2, -0.15) is 0 Å². The van der Waals surface area contributed by atoms with Gasteiger partial charge in [-0.15, -0.1) is 0 Å². The second kappa shape index (κ2) is 6.92. The van der Waals surface area contributed by atoms with Crippen LogP contribution in [0.5, 0.6) is 0 Å². The summed E-state index contributed by atoms with van der Waals surface area (Å²) < 4.78 is 0. The summed E-state index contributed by atoms with van der Waals surface area (Å²) in [6.07, 6.45) is 0.639. The quantitative estimate of drug-likeness (QED) is 0.828. The number of rotatable bonds is 6. The van der Waals surface area contributed by atoms with Gasteiger partial charge in [0.15, 0.2) is 0 Å². The summed E-state index contributed by atoms with van der Waals surface area (Å²) in [4.78, 5) is 23.3. The maximum Gasteiger partial charge on any atom is 0.326 e. The van der Waals surface area contributed by atoms with Crippen molar-refractivity contribution in [1.29, 1.82) is 0 Å². The van der Waals surface area contributed by atoms with Crippen LogP contribution in [0.2, 0.25) is 0 Å². The highest BCUT2D eigenvalue weighted by Gasteiger charge is 2.27. The minimum absolute atomic E-state index is 0.144. The van der Waals surface area contributed by atoms with Crippen LogP contribution in [0, 0.1) is 5.92 Å². The number of hydrogen-bond donors (Lipinski definition) is 2. The Morgan fingerprint density at radius 3 is 2.21 bits per heavy atom. The monoisotopic (exact) mass is 263 g/mol. The molecule has 0 aliphatic heterocycles. The largest absolute Gasteiger partial charge is 0.480 e. The van der Waals surface area contributed by atoms with E-state index in [-0.39, 0.29) is 17.7 Å². The average Bonchev–Trinajstić information content (AvgIpc) is 2.37. The topological polar surface area (TPSA) is 66.4 Å². The van der Waals surface area contributed by atoms with Crippen molar-refractivity contribution in [3.8, 4) is 0 Å². The third-order valence-corrected chi connectivity index (χ3v) is 3.16. The molecule has 0 saturated carbocycles. The number of carbonyl (C=O) groups is 2. The van der Waals surface area contributed by atoms with Crippen molar-refractivity contribution in [1.82, 2.24) is 5.32 Å². The first-order valence-electron chi connectivity index (χ1n) is 6.55. The molecule has 0 bridgehead atoms. The summed E-state index contributed by atoms with van der Waals surface area (Å²) in [5.41, 5.74) is 0.912. The van der Waals surface area contributed by atoms with Crippen LogP contribution in [0.1, 0.15) is 38.7 Å². The molecule has 104 valence electrons. The van der Waals surface area contributed by atoms with Crippen molar-refractivity contribution in [3.05, 3.63) is 35.9 Å². The van der Waals surface area contributed by atoms with Gasteiger partial charge in [-0.1, -0.05) is 51.1 Å². The van der Waals surface area contributed by atoms with Crippen LogP contribution in [0.3, 0.4) is 0 Å². The smallest absolute Gasteiger partial charge is 0.326 e. The molecule has 0 radical (unpaired) electrons. The molecule has 0 aliphatic carbocycles. The van der Waals surface area contributed by atoms with E-state index in [0.717, 1.165) is 5.56 Å². The zero-order valence-electron chi connectivity index (χ0n) is 11.6. The predicted octanol–water partition coefficient (Wildman–Crippen LogP) is 2.41. The van der Waals surface area contributed by atoms with E-state index < -0.39 is 12.0 Å². The molecule has 1 aromatic rings. The second-order valence-electron chi connectivity index (χ2n) is 4.94. The van der Waals surface area contributed by atoms with Crippen LogP contribution >= 0.6 is 0 Å². The molecule has 4 nitrogen and oxygen atoms in total. The van der Waals surface area contributed by atoms with Gasteiger partial charge in [0.1, 0.15) is 6.04 Å². The number of carboxylic acids is 1. The van der Waals surface area contributed by atoms with Crippen molar-refractivity contribution in [3.63, 3.8) is 0 Å². The van der Waals surface area contributed by atoms with Gasteiger partial charge in [0, 0.05) is 0 Å². The van der Waals surface area contributed by atoms with E-state index in [1.54, 1.807) is 13.8 Å². The number of carbonyl (C=O) groups excluding carboxylic acids is 1. The lowest BCUT2D eigenvalue weighted by molar-refractivity contribution is -0.143. The number of benzene rings is 1. The summed E-state index contributed by atoms with van der Waals surface area (Å²) in [5.74, 6) is -1.67. The number of amides is 1. The molecule has 2 N–H and O–H groups in total. The molecular formula is C15H21NO3. The van der Waals surface area contributed by atoms with Gasteiger partial charge < -0.3 is 10.4 Å². The van der Waals surface area contributed by atoms with Crippen LogP contribution in [0.25, 0.3) is 0 Å². The van der Waals surface area contributed by atoms with Gasteiger partial charge >= 0.3 is 5.97 Å². The van der Waals surface area contributed by atoms with Gasteiger partial charge in [0.2, 0.25) is 5.91 Å². The Kier molecular flexibility index (Phi) is 5.55. The van der Waals surface area contributed by atoms with E-state index in [9.17, 15) is 9.59 Å². The minimum atomic E-state index is -0.994. The van der Waals surface area contributed by atoms with E-state index in [0.29, 0.717) is 6.42 Å². The van der Waals surface area contributed by atoms with E-state index in [4.69, 9.17) is 5.11 Å². The number of nitrogens with one attached hydrogen (secondary N) is 1. The lowest BCUT2D eigenvalue weighted by atomic mass is 9.94. The molecule has 0 heterocycles. The highest BCUT2D eigenvalue weighted by molar-refractivity contribution is 5.88.